The van der Waals surface area contributed by atoms with Crippen molar-refractivity contribution in [3.05, 3.63) is 0 Å². The third-order valence-corrected chi connectivity index (χ3v) is 5.45. The van der Waals surface area contributed by atoms with Gasteiger partial charge in [0.05, 0.1) is 11.5 Å². The first-order chi connectivity index (χ1) is 9.44. The molecule has 5 heteroatoms. The van der Waals surface area contributed by atoms with E-state index in [0.29, 0.717) is 19.5 Å². The van der Waals surface area contributed by atoms with Crippen LogP contribution in [0.3, 0.4) is 0 Å². The molecular weight excluding hydrogens is 258 g/mol. The van der Waals surface area contributed by atoms with Crippen molar-refractivity contribution in [1.82, 2.24) is 4.90 Å². The summed E-state index contributed by atoms with van der Waals surface area (Å²) in [5.74, 6) is -0.391. The molecule has 2 heterocycles. The molecule has 5 nitrogen and oxygen atoms in total. The SMILES string of the molecule is CC1CC(C)C(C(=O)N2C[C@@H]3CCC[C@@]3(C(=O)O)C2)O1. The molecule has 112 valence electrons. The average Bonchev–Trinajstić information content (AvgIpc) is 2.99. The number of carboxylic acids is 1. The number of fused-ring (bicyclic) bond motifs is 1. The van der Waals surface area contributed by atoms with Gasteiger partial charge in [0.2, 0.25) is 0 Å². The minimum atomic E-state index is -0.732. The third-order valence-electron chi connectivity index (χ3n) is 5.45. The van der Waals surface area contributed by atoms with Gasteiger partial charge in [-0.2, -0.15) is 0 Å². The Hall–Kier alpha value is -1.10. The number of likely N-dealkylation sites (tertiary alicyclic amines) is 1. The van der Waals surface area contributed by atoms with E-state index in [1.54, 1.807) is 4.90 Å². The van der Waals surface area contributed by atoms with Crippen LogP contribution in [0.4, 0.5) is 0 Å². The Morgan fingerprint density at radius 3 is 2.65 bits per heavy atom. The standard InChI is InChI=1S/C15H23NO4/c1-9-6-10(2)20-12(9)13(17)16-7-11-4-3-5-15(11,8-16)14(18)19/h9-12H,3-8H2,1-2H3,(H,18,19)/t9?,10?,11-,12?,15+/m0/s1. The van der Waals surface area contributed by atoms with Crippen LogP contribution >= 0.6 is 0 Å². The van der Waals surface area contributed by atoms with Crippen molar-refractivity contribution < 1.29 is 19.4 Å². The fraction of sp³-hybridized carbons (Fsp3) is 0.867. The second-order valence-electron chi connectivity index (χ2n) is 6.85. The van der Waals surface area contributed by atoms with E-state index in [0.717, 1.165) is 19.3 Å². The smallest absolute Gasteiger partial charge is 0.311 e. The van der Waals surface area contributed by atoms with Crippen molar-refractivity contribution in [2.24, 2.45) is 17.3 Å². The van der Waals surface area contributed by atoms with Gasteiger partial charge < -0.3 is 14.7 Å². The van der Waals surface area contributed by atoms with Gasteiger partial charge in [0.1, 0.15) is 6.10 Å². The molecular formula is C15H23NO4. The molecule has 1 saturated carbocycles. The molecule has 0 aromatic carbocycles. The van der Waals surface area contributed by atoms with Gasteiger partial charge >= 0.3 is 5.97 Å². The van der Waals surface area contributed by atoms with E-state index in [1.807, 2.05) is 13.8 Å². The molecule has 3 rings (SSSR count). The molecule has 0 aromatic rings. The highest BCUT2D eigenvalue weighted by Crippen LogP contribution is 2.49. The highest BCUT2D eigenvalue weighted by Gasteiger charge is 2.56. The number of amides is 1. The van der Waals surface area contributed by atoms with Gasteiger partial charge in [-0.3, -0.25) is 9.59 Å². The van der Waals surface area contributed by atoms with Crippen molar-refractivity contribution >= 4 is 11.9 Å². The number of rotatable bonds is 2. The maximum absolute atomic E-state index is 12.6. The van der Waals surface area contributed by atoms with Crippen LogP contribution in [0.1, 0.15) is 39.5 Å². The molecule has 1 aliphatic carbocycles. The number of carboxylic acid groups (broad SMARTS) is 1. The molecule has 5 atom stereocenters. The molecule has 1 N–H and O–H groups in total. The summed E-state index contributed by atoms with van der Waals surface area (Å²) >= 11 is 0. The number of hydrogen-bond donors (Lipinski definition) is 1. The monoisotopic (exact) mass is 281 g/mol. The first-order valence-electron chi connectivity index (χ1n) is 7.61. The van der Waals surface area contributed by atoms with Gasteiger partial charge in [0.25, 0.3) is 5.91 Å². The van der Waals surface area contributed by atoms with Gasteiger partial charge in [0.15, 0.2) is 0 Å². The molecule has 0 bridgehead atoms. The number of aliphatic carboxylic acids is 1. The van der Waals surface area contributed by atoms with Crippen LogP contribution in [0.2, 0.25) is 0 Å². The Labute approximate surface area is 119 Å². The summed E-state index contributed by atoms with van der Waals surface area (Å²) in [6.45, 7) is 4.98. The molecule has 0 aromatic heterocycles. The molecule has 20 heavy (non-hydrogen) atoms. The van der Waals surface area contributed by atoms with E-state index in [1.165, 1.54) is 0 Å². The van der Waals surface area contributed by atoms with Crippen molar-refractivity contribution in [2.45, 2.75) is 51.7 Å². The fourth-order valence-corrected chi connectivity index (χ4v) is 4.38. The van der Waals surface area contributed by atoms with Crippen molar-refractivity contribution in [3.63, 3.8) is 0 Å². The maximum Gasteiger partial charge on any atom is 0.311 e. The number of nitrogens with zero attached hydrogens (tertiary/aromatic N) is 1. The third kappa shape index (κ3) is 1.94. The molecule has 0 radical (unpaired) electrons. The maximum atomic E-state index is 12.6. The van der Waals surface area contributed by atoms with Gasteiger partial charge in [-0.25, -0.2) is 0 Å². The predicted molar refractivity (Wildman–Crippen MR) is 72.1 cm³/mol. The Morgan fingerprint density at radius 1 is 1.35 bits per heavy atom. The van der Waals surface area contributed by atoms with E-state index >= 15 is 0 Å². The van der Waals surface area contributed by atoms with Crippen molar-refractivity contribution in [1.29, 1.82) is 0 Å². The lowest BCUT2D eigenvalue weighted by atomic mass is 9.81. The van der Waals surface area contributed by atoms with E-state index in [9.17, 15) is 14.7 Å². The van der Waals surface area contributed by atoms with Crippen LogP contribution in [-0.4, -0.2) is 47.2 Å². The number of carbonyl (C=O) groups excluding carboxylic acids is 1. The van der Waals surface area contributed by atoms with E-state index in [4.69, 9.17) is 4.74 Å². The Kier molecular flexibility index (Phi) is 3.27. The summed E-state index contributed by atoms with van der Waals surface area (Å²) in [6, 6.07) is 0. The zero-order valence-electron chi connectivity index (χ0n) is 12.2. The molecule has 3 unspecified atom stereocenters. The second kappa shape index (κ2) is 4.72. The van der Waals surface area contributed by atoms with Gasteiger partial charge in [-0.1, -0.05) is 13.3 Å². The molecule has 3 aliphatic rings. The lowest BCUT2D eigenvalue weighted by Gasteiger charge is -2.25. The van der Waals surface area contributed by atoms with Gasteiger partial charge in [0, 0.05) is 13.1 Å². The van der Waals surface area contributed by atoms with Crippen LogP contribution in [0.5, 0.6) is 0 Å². The first-order valence-corrected chi connectivity index (χ1v) is 7.61. The largest absolute Gasteiger partial charge is 0.481 e. The van der Waals surface area contributed by atoms with Crippen LogP contribution in [-0.2, 0) is 14.3 Å². The fourth-order valence-electron chi connectivity index (χ4n) is 4.38. The van der Waals surface area contributed by atoms with Crippen LogP contribution < -0.4 is 0 Å². The second-order valence-corrected chi connectivity index (χ2v) is 6.85. The summed E-state index contributed by atoms with van der Waals surface area (Å²) in [6.07, 6.45) is 3.23. The van der Waals surface area contributed by atoms with Crippen LogP contribution in [0.25, 0.3) is 0 Å². The Morgan fingerprint density at radius 2 is 2.10 bits per heavy atom. The van der Waals surface area contributed by atoms with Gasteiger partial charge in [-0.15, -0.1) is 0 Å². The van der Waals surface area contributed by atoms with Crippen molar-refractivity contribution in [2.75, 3.05) is 13.1 Å². The van der Waals surface area contributed by atoms with Crippen LogP contribution in [0, 0.1) is 17.3 Å². The van der Waals surface area contributed by atoms with Crippen molar-refractivity contribution in [3.8, 4) is 0 Å². The van der Waals surface area contributed by atoms with Gasteiger partial charge in [-0.05, 0) is 38.0 Å². The van der Waals surface area contributed by atoms with E-state index in [2.05, 4.69) is 0 Å². The Bertz CT molecular complexity index is 438. The average molecular weight is 281 g/mol. The molecule has 0 spiro atoms. The summed E-state index contributed by atoms with van der Waals surface area (Å²) in [4.78, 5) is 26.0. The van der Waals surface area contributed by atoms with E-state index < -0.39 is 11.4 Å². The lowest BCUT2D eigenvalue weighted by Crippen LogP contribution is -2.42. The zero-order chi connectivity index (χ0) is 14.5. The molecule has 2 aliphatic heterocycles. The zero-order valence-corrected chi connectivity index (χ0v) is 12.2. The minimum absolute atomic E-state index is 0.00289. The normalized spacial score (nSPS) is 43.8. The topological polar surface area (TPSA) is 66.8 Å². The van der Waals surface area contributed by atoms with Crippen LogP contribution in [0.15, 0.2) is 0 Å². The summed E-state index contributed by atoms with van der Waals surface area (Å²) < 4.78 is 5.72. The molecule has 1 amide bonds. The highest BCUT2D eigenvalue weighted by atomic mass is 16.5. The lowest BCUT2D eigenvalue weighted by molar-refractivity contribution is -0.150. The summed E-state index contributed by atoms with van der Waals surface area (Å²) in [7, 11) is 0. The quantitative estimate of drug-likeness (QED) is 0.833. The highest BCUT2D eigenvalue weighted by molar-refractivity contribution is 5.84. The number of hydrogen-bond acceptors (Lipinski definition) is 3. The number of ether oxygens (including phenoxy) is 1. The summed E-state index contributed by atoms with van der Waals surface area (Å²) in [5, 5.41) is 9.56. The summed E-state index contributed by atoms with van der Waals surface area (Å²) in [5.41, 5.74) is -0.691. The first kappa shape index (κ1) is 13.9. The predicted octanol–water partition coefficient (Wildman–Crippen LogP) is 1.51. The minimum Gasteiger partial charge on any atom is -0.481 e. The van der Waals surface area contributed by atoms with E-state index in [-0.39, 0.29) is 30.0 Å². The molecule has 3 fully saturated rings. The molecule has 2 saturated heterocycles. The Balaban J connectivity index is 1.74. The number of carbonyl (C=O) groups is 2.